The van der Waals surface area contributed by atoms with E-state index in [1.807, 2.05) is 20.2 Å². The summed E-state index contributed by atoms with van der Waals surface area (Å²) in [7, 11) is 3.99. The average molecular weight is 314 g/mol. The normalized spacial score (nSPS) is 25.4. The molecule has 0 bridgehead atoms. The van der Waals surface area contributed by atoms with Gasteiger partial charge in [-0.1, -0.05) is 12.1 Å². The van der Waals surface area contributed by atoms with Gasteiger partial charge in [0.1, 0.15) is 0 Å². The summed E-state index contributed by atoms with van der Waals surface area (Å²) in [6.45, 7) is 2.31. The van der Waals surface area contributed by atoms with Gasteiger partial charge in [0.25, 0.3) is 0 Å². The van der Waals surface area contributed by atoms with Crippen molar-refractivity contribution in [2.45, 2.75) is 12.0 Å². The fourth-order valence-electron chi connectivity index (χ4n) is 2.91. The molecule has 1 aliphatic rings. The van der Waals surface area contributed by atoms with Crippen LogP contribution in [0, 0.1) is 5.92 Å². The molecule has 0 spiro atoms. The van der Waals surface area contributed by atoms with Gasteiger partial charge in [-0.15, -0.1) is 12.4 Å². The first-order chi connectivity index (χ1) is 9.43. The van der Waals surface area contributed by atoms with Crippen molar-refractivity contribution in [2.24, 2.45) is 11.7 Å². The summed E-state index contributed by atoms with van der Waals surface area (Å²) in [5.41, 5.74) is 5.64. The van der Waals surface area contributed by atoms with E-state index in [4.69, 9.17) is 5.73 Å². The first-order valence-corrected chi connectivity index (χ1v) is 6.91. The highest BCUT2D eigenvalue weighted by molar-refractivity contribution is 5.92. The Morgan fingerprint density at radius 1 is 1.52 bits per heavy atom. The lowest BCUT2D eigenvalue weighted by Gasteiger charge is -2.42. The summed E-state index contributed by atoms with van der Waals surface area (Å²) in [6, 6.07) is 7.05. The van der Waals surface area contributed by atoms with E-state index in [0.29, 0.717) is 12.0 Å². The molecule has 2 unspecified atom stereocenters. The topological polar surface area (TPSA) is 78.6 Å². The molecular weight excluding hydrogens is 290 g/mol. The minimum atomic E-state index is -0.916. The van der Waals surface area contributed by atoms with Crippen molar-refractivity contribution in [3.63, 3.8) is 0 Å². The van der Waals surface area contributed by atoms with E-state index in [1.54, 1.807) is 18.2 Å². The number of hydrogen-bond acceptors (Lipinski definition) is 4. The molecule has 0 radical (unpaired) electrons. The van der Waals surface area contributed by atoms with Crippen LogP contribution in [0.3, 0.4) is 0 Å². The van der Waals surface area contributed by atoms with Gasteiger partial charge in [0.05, 0.1) is 5.60 Å². The number of carbonyl (C=O) groups is 1. The molecule has 1 fully saturated rings. The largest absolute Gasteiger partial charge is 0.385 e. The number of hydrogen-bond donors (Lipinski definition) is 3. The number of piperidine rings is 1. The molecule has 2 atom stereocenters. The summed E-state index contributed by atoms with van der Waals surface area (Å²) >= 11 is 0. The van der Waals surface area contributed by atoms with Crippen molar-refractivity contribution in [2.75, 3.05) is 33.7 Å². The number of carbonyl (C=O) groups excluding carboxylic acids is 1. The van der Waals surface area contributed by atoms with Gasteiger partial charge in [0.15, 0.2) is 0 Å². The molecule has 1 aromatic rings. The zero-order chi connectivity index (χ0) is 14.8. The van der Waals surface area contributed by atoms with Crippen LogP contribution in [0.15, 0.2) is 24.3 Å². The van der Waals surface area contributed by atoms with Gasteiger partial charge < -0.3 is 21.1 Å². The van der Waals surface area contributed by atoms with Gasteiger partial charge in [-0.2, -0.15) is 0 Å². The predicted octanol–water partition coefficient (Wildman–Crippen LogP) is 0.566. The van der Waals surface area contributed by atoms with Crippen LogP contribution >= 0.6 is 12.4 Å². The molecule has 2 rings (SSSR count). The Labute approximate surface area is 131 Å². The standard InChI is InChI=1S/C15H23N3O2.ClH/c1-18(2)10-13-9-17-7-6-15(13,20)12-5-3-4-11(8-12)14(16)19;/h3-5,8,13,17,20H,6-7,9-10H2,1-2H3,(H2,16,19);1H. The highest BCUT2D eigenvalue weighted by Gasteiger charge is 2.40. The van der Waals surface area contributed by atoms with Gasteiger partial charge in [-0.25, -0.2) is 0 Å². The molecule has 1 aromatic carbocycles. The third-order valence-electron chi connectivity index (χ3n) is 3.98. The zero-order valence-electron chi connectivity index (χ0n) is 12.5. The Hall–Kier alpha value is -1.14. The number of nitrogens with zero attached hydrogens (tertiary/aromatic N) is 1. The molecule has 1 amide bonds. The first-order valence-electron chi connectivity index (χ1n) is 6.91. The number of nitrogens with one attached hydrogen (secondary N) is 1. The highest BCUT2D eigenvalue weighted by atomic mass is 35.5. The van der Waals surface area contributed by atoms with E-state index < -0.39 is 11.5 Å². The van der Waals surface area contributed by atoms with E-state index in [9.17, 15) is 9.90 Å². The van der Waals surface area contributed by atoms with Gasteiger partial charge >= 0.3 is 0 Å². The first kappa shape index (κ1) is 17.9. The summed E-state index contributed by atoms with van der Waals surface area (Å²) in [4.78, 5) is 13.4. The Morgan fingerprint density at radius 2 is 2.24 bits per heavy atom. The lowest BCUT2D eigenvalue weighted by molar-refractivity contribution is -0.0540. The molecule has 1 aliphatic heterocycles. The quantitative estimate of drug-likeness (QED) is 0.759. The van der Waals surface area contributed by atoms with Gasteiger partial charge in [-0.05, 0) is 44.8 Å². The molecule has 1 heterocycles. The van der Waals surface area contributed by atoms with E-state index in [-0.39, 0.29) is 18.3 Å². The van der Waals surface area contributed by atoms with Crippen molar-refractivity contribution in [3.05, 3.63) is 35.4 Å². The van der Waals surface area contributed by atoms with Crippen molar-refractivity contribution >= 4 is 18.3 Å². The van der Waals surface area contributed by atoms with Crippen molar-refractivity contribution in [1.29, 1.82) is 0 Å². The second-order valence-electron chi connectivity index (χ2n) is 5.78. The fraction of sp³-hybridized carbons (Fsp3) is 0.533. The van der Waals surface area contributed by atoms with Crippen molar-refractivity contribution in [1.82, 2.24) is 10.2 Å². The summed E-state index contributed by atoms with van der Waals surface area (Å²) < 4.78 is 0. The van der Waals surface area contributed by atoms with E-state index >= 15 is 0 Å². The molecule has 0 aliphatic carbocycles. The summed E-state index contributed by atoms with van der Waals surface area (Å²) in [6.07, 6.45) is 0.633. The van der Waals surface area contributed by atoms with Crippen LogP contribution in [0.25, 0.3) is 0 Å². The molecular formula is C15H24ClN3O2. The Morgan fingerprint density at radius 3 is 2.86 bits per heavy atom. The molecule has 21 heavy (non-hydrogen) atoms. The highest BCUT2D eigenvalue weighted by Crippen LogP contribution is 2.35. The van der Waals surface area contributed by atoms with Crippen LogP contribution in [0.5, 0.6) is 0 Å². The lowest BCUT2D eigenvalue weighted by Crippen LogP contribution is -2.51. The van der Waals surface area contributed by atoms with E-state index in [2.05, 4.69) is 10.2 Å². The Balaban J connectivity index is 0.00000220. The minimum Gasteiger partial charge on any atom is -0.385 e. The van der Waals surface area contributed by atoms with Crippen LogP contribution in [-0.2, 0) is 5.60 Å². The number of amides is 1. The number of aliphatic hydroxyl groups is 1. The Kier molecular flexibility index (Phi) is 6.16. The van der Waals surface area contributed by atoms with Crippen molar-refractivity contribution < 1.29 is 9.90 Å². The molecule has 6 heteroatoms. The van der Waals surface area contributed by atoms with Gasteiger partial charge in [-0.3, -0.25) is 4.79 Å². The second kappa shape index (κ2) is 7.22. The maximum Gasteiger partial charge on any atom is 0.248 e. The van der Waals surface area contributed by atoms with E-state index in [0.717, 1.165) is 25.2 Å². The van der Waals surface area contributed by atoms with Crippen LogP contribution < -0.4 is 11.1 Å². The smallest absolute Gasteiger partial charge is 0.248 e. The Bertz CT molecular complexity index is 496. The molecule has 0 aromatic heterocycles. The molecule has 5 nitrogen and oxygen atoms in total. The molecule has 1 saturated heterocycles. The number of benzene rings is 1. The predicted molar refractivity (Wildman–Crippen MR) is 85.6 cm³/mol. The minimum absolute atomic E-state index is 0. The number of rotatable bonds is 4. The van der Waals surface area contributed by atoms with Crippen LogP contribution in [0.2, 0.25) is 0 Å². The third-order valence-corrected chi connectivity index (χ3v) is 3.98. The summed E-state index contributed by atoms with van der Waals surface area (Å²) in [5, 5.41) is 14.5. The SMILES string of the molecule is CN(C)CC1CNCCC1(O)c1cccc(C(N)=O)c1.Cl. The molecule has 0 saturated carbocycles. The lowest BCUT2D eigenvalue weighted by atomic mass is 9.76. The zero-order valence-corrected chi connectivity index (χ0v) is 13.3. The van der Waals surface area contributed by atoms with Crippen molar-refractivity contribution in [3.8, 4) is 0 Å². The van der Waals surface area contributed by atoms with E-state index in [1.165, 1.54) is 0 Å². The van der Waals surface area contributed by atoms with Crippen LogP contribution in [0.1, 0.15) is 22.3 Å². The number of halogens is 1. The average Bonchev–Trinajstić information content (AvgIpc) is 2.41. The monoisotopic (exact) mass is 313 g/mol. The number of primary amides is 1. The third kappa shape index (κ3) is 3.95. The van der Waals surface area contributed by atoms with Crippen LogP contribution in [-0.4, -0.2) is 49.6 Å². The van der Waals surface area contributed by atoms with Gasteiger partial charge in [0.2, 0.25) is 5.91 Å². The van der Waals surface area contributed by atoms with Crippen LogP contribution in [0.4, 0.5) is 0 Å². The second-order valence-corrected chi connectivity index (χ2v) is 5.78. The fourth-order valence-corrected chi connectivity index (χ4v) is 2.91. The van der Waals surface area contributed by atoms with Gasteiger partial charge in [0, 0.05) is 24.6 Å². The maximum atomic E-state index is 11.3. The maximum absolute atomic E-state index is 11.3. The number of nitrogens with two attached hydrogens (primary N) is 1. The summed E-state index contributed by atoms with van der Waals surface area (Å²) in [5.74, 6) is -0.386. The molecule has 118 valence electrons. The molecule has 4 N–H and O–H groups in total.